The van der Waals surface area contributed by atoms with Crippen LogP contribution >= 0.6 is 0 Å². The first kappa shape index (κ1) is 12.7. The van der Waals surface area contributed by atoms with E-state index < -0.39 is 0 Å². The van der Waals surface area contributed by atoms with Crippen LogP contribution in [-0.2, 0) is 12.8 Å². The second kappa shape index (κ2) is 5.00. The van der Waals surface area contributed by atoms with E-state index in [1.807, 2.05) is 12.1 Å². The Morgan fingerprint density at radius 2 is 1.80 bits per heavy atom. The maximum Gasteiger partial charge on any atom is 0.254 e. The van der Waals surface area contributed by atoms with E-state index in [2.05, 4.69) is 9.97 Å². The molecule has 0 bridgehead atoms. The van der Waals surface area contributed by atoms with Gasteiger partial charge in [0, 0.05) is 17.2 Å². The van der Waals surface area contributed by atoms with Crippen LogP contribution in [0.2, 0.25) is 0 Å². The number of benzene rings is 1. The van der Waals surface area contributed by atoms with Crippen molar-refractivity contribution < 1.29 is 9.47 Å². The molecule has 0 radical (unpaired) electrons. The molecule has 3 rings (SSSR count). The van der Waals surface area contributed by atoms with Gasteiger partial charge in [-0.15, -0.1) is 0 Å². The number of rotatable bonds is 3. The van der Waals surface area contributed by atoms with Crippen LogP contribution in [0.15, 0.2) is 23.0 Å². The van der Waals surface area contributed by atoms with E-state index in [1.54, 1.807) is 20.3 Å². The molecule has 0 saturated heterocycles. The molecule has 0 aliphatic heterocycles. The molecule has 1 heterocycles. The number of methoxy groups -OCH3 is 2. The highest BCUT2D eigenvalue weighted by atomic mass is 16.5. The zero-order chi connectivity index (χ0) is 14.1. The summed E-state index contributed by atoms with van der Waals surface area (Å²) in [5.41, 5.74) is 2.48. The van der Waals surface area contributed by atoms with E-state index in [0.717, 1.165) is 36.1 Å². The van der Waals surface area contributed by atoms with E-state index in [9.17, 15) is 4.79 Å². The molecule has 2 aromatic rings. The average Bonchev–Trinajstić information content (AvgIpc) is 2.95. The molecule has 0 spiro atoms. The lowest BCUT2D eigenvalue weighted by atomic mass is 10.1. The van der Waals surface area contributed by atoms with E-state index in [1.165, 1.54) is 0 Å². The van der Waals surface area contributed by atoms with Crippen LogP contribution in [0.25, 0.3) is 11.4 Å². The molecule has 5 nitrogen and oxygen atoms in total. The van der Waals surface area contributed by atoms with Gasteiger partial charge in [-0.25, -0.2) is 4.98 Å². The summed E-state index contributed by atoms with van der Waals surface area (Å²) < 4.78 is 10.5. The van der Waals surface area contributed by atoms with Gasteiger partial charge >= 0.3 is 0 Å². The van der Waals surface area contributed by atoms with Crippen LogP contribution < -0.4 is 15.0 Å². The zero-order valence-electron chi connectivity index (χ0n) is 11.5. The largest absolute Gasteiger partial charge is 0.497 e. The summed E-state index contributed by atoms with van der Waals surface area (Å²) in [4.78, 5) is 19.5. The highest BCUT2D eigenvalue weighted by molar-refractivity contribution is 5.61. The number of aryl methyl sites for hydroxylation is 1. The molecule has 0 amide bonds. The van der Waals surface area contributed by atoms with Gasteiger partial charge in [-0.3, -0.25) is 4.79 Å². The number of fused-ring (bicyclic) bond motifs is 1. The summed E-state index contributed by atoms with van der Waals surface area (Å²) in [5, 5.41) is 0. The topological polar surface area (TPSA) is 64.2 Å². The highest BCUT2D eigenvalue weighted by Gasteiger charge is 2.18. The molecular formula is C15H16N2O3. The van der Waals surface area contributed by atoms with Crippen molar-refractivity contribution in [2.75, 3.05) is 14.2 Å². The zero-order valence-corrected chi connectivity index (χ0v) is 11.5. The summed E-state index contributed by atoms with van der Waals surface area (Å²) in [6.07, 6.45) is 2.68. The Balaban J connectivity index is 2.13. The van der Waals surface area contributed by atoms with Crippen LogP contribution in [0.4, 0.5) is 0 Å². The van der Waals surface area contributed by atoms with Crippen LogP contribution in [0.3, 0.4) is 0 Å². The van der Waals surface area contributed by atoms with Gasteiger partial charge in [-0.2, -0.15) is 0 Å². The van der Waals surface area contributed by atoms with Crippen molar-refractivity contribution >= 4 is 0 Å². The predicted octanol–water partition coefficient (Wildman–Crippen LogP) is 1.94. The normalized spacial score (nSPS) is 13.1. The molecule has 1 aromatic heterocycles. The van der Waals surface area contributed by atoms with E-state index in [4.69, 9.17) is 9.47 Å². The minimum atomic E-state index is -0.0377. The van der Waals surface area contributed by atoms with Gasteiger partial charge < -0.3 is 14.5 Å². The number of hydrogen-bond acceptors (Lipinski definition) is 4. The lowest BCUT2D eigenvalue weighted by Crippen LogP contribution is -2.15. The quantitative estimate of drug-likeness (QED) is 0.927. The van der Waals surface area contributed by atoms with Crippen molar-refractivity contribution in [2.24, 2.45) is 0 Å². The van der Waals surface area contributed by atoms with Gasteiger partial charge in [0.15, 0.2) is 0 Å². The van der Waals surface area contributed by atoms with Crippen molar-refractivity contribution in [3.05, 3.63) is 39.8 Å². The Bertz CT molecular complexity index is 685. The van der Waals surface area contributed by atoms with E-state index in [-0.39, 0.29) is 5.56 Å². The Labute approximate surface area is 116 Å². The van der Waals surface area contributed by atoms with Crippen molar-refractivity contribution in [3.63, 3.8) is 0 Å². The monoisotopic (exact) mass is 272 g/mol. The molecule has 0 unspecified atom stereocenters. The molecule has 1 aromatic carbocycles. The van der Waals surface area contributed by atoms with Crippen LogP contribution in [0, 0.1) is 0 Å². The van der Waals surface area contributed by atoms with Gasteiger partial charge in [0.2, 0.25) is 0 Å². The molecule has 5 heteroatoms. The number of nitrogens with zero attached hydrogens (tertiary/aromatic N) is 1. The van der Waals surface area contributed by atoms with Gasteiger partial charge in [-0.1, -0.05) is 0 Å². The minimum Gasteiger partial charge on any atom is -0.497 e. The number of nitrogens with one attached hydrogen (secondary N) is 1. The fourth-order valence-electron chi connectivity index (χ4n) is 2.52. The fraction of sp³-hybridized carbons (Fsp3) is 0.333. The Hall–Kier alpha value is -2.30. The fourth-order valence-corrected chi connectivity index (χ4v) is 2.52. The maximum absolute atomic E-state index is 12.1. The summed E-state index contributed by atoms with van der Waals surface area (Å²) in [6, 6.07) is 5.46. The third kappa shape index (κ3) is 2.15. The summed E-state index contributed by atoms with van der Waals surface area (Å²) in [5.74, 6) is 1.90. The number of aromatic nitrogens is 2. The third-order valence-electron chi connectivity index (χ3n) is 3.57. The molecule has 1 N–H and O–H groups in total. The smallest absolute Gasteiger partial charge is 0.254 e. The van der Waals surface area contributed by atoms with Crippen molar-refractivity contribution in [2.45, 2.75) is 19.3 Å². The van der Waals surface area contributed by atoms with Gasteiger partial charge in [0.1, 0.15) is 17.3 Å². The van der Waals surface area contributed by atoms with Gasteiger partial charge in [0.25, 0.3) is 5.56 Å². The van der Waals surface area contributed by atoms with Crippen molar-refractivity contribution in [3.8, 4) is 22.9 Å². The highest BCUT2D eigenvalue weighted by Crippen LogP contribution is 2.28. The molecule has 0 saturated carbocycles. The number of H-pyrrole nitrogens is 1. The molecule has 0 atom stereocenters. The van der Waals surface area contributed by atoms with Crippen LogP contribution in [0.5, 0.6) is 11.5 Å². The summed E-state index contributed by atoms with van der Waals surface area (Å²) in [7, 11) is 3.19. The maximum atomic E-state index is 12.1. The van der Waals surface area contributed by atoms with E-state index >= 15 is 0 Å². The first-order valence-electron chi connectivity index (χ1n) is 6.57. The lowest BCUT2D eigenvalue weighted by Gasteiger charge is -2.09. The molecular weight excluding hydrogens is 256 g/mol. The molecule has 1 aliphatic rings. The number of hydrogen-bond donors (Lipinski definition) is 1. The summed E-state index contributed by atoms with van der Waals surface area (Å²) in [6.45, 7) is 0. The van der Waals surface area contributed by atoms with E-state index in [0.29, 0.717) is 17.3 Å². The number of aromatic amines is 1. The standard InChI is InChI=1S/C15H16N2O3/c1-19-10-6-9(7-11(8-10)20-2)14-16-13-5-3-4-12(13)15(18)17-14/h6-8H,3-5H2,1-2H3,(H,16,17,18). The third-order valence-corrected chi connectivity index (χ3v) is 3.57. The minimum absolute atomic E-state index is 0.0377. The number of ether oxygens (including phenoxy) is 2. The molecule has 1 aliphatic carbocycles. The molecule has 104 valence electrons. The first-order chi connectivity index (χ1) is 9.71. The SMILES string of the molecule is COc1cc(OC)cc(-c2nc3c(c(=O)[nH]2)CCC3)c1. The average molecular weight is 272 g/mol. The second-order valence-electron chi connectivity index (χ2n) is 4.79. The van der Waals surface area contributed by atoms with Crippen LogP contribution in [-0.4, -0.2) is 24.2 Å². The van der Waals surface area contributed by atoms with Crippen molar-refractivity contribution in [1.82, 2.24) is 9.97 Å². The van der Waals surface area contributed by atoms with Crippen LogP contribution in [0.1, 0.15) is 17.7 Å². The van der Waals surface area contributed by atoms with Gasteiger partial charge in [-0.05, 0) is 31.4 Å². The first-order valence-corrected chi connectivity index (χ1v) is 6.57. The molecule has 0 fully saturated rings. The molecule has 20 heavy (non-hydrogen) atoms. The second-order valence-corrected chi connectivity index (χ2v) is 4.79. The lowest BCUT2D eigenvalue weighted by molar-refractivity contribution is 0.394. The summed E-state index contributed by atoms with van der Waals surface area (Å²) >= 11 is 0. The predicted molar refractivity (Wildman–Crippen MR) is 75.4 cm³/mol. The van der Waals surface area contributed by atoms with Crippen molar-refractivity contribution in [1.29, 1.82) is 0 Å². The Morgan fingerprint density at radius 3 is 2.45 bits per heavy atom. The van der Waals surface area contributed by atoms with Gasteiger partial charge in [0.05, 0.1) is 19.9 Å². The Morgan fingerprint density at radius 1 is 1.10 bits per heavy atom. The Kier molecular flexibility index (Phi) is 3.18.